The summed E-state index contributed by atoms with van der Waals surface area (Å²) in [4.78, 5) is 18.7. The second-order valence-electron chi connectivity index (χ2n) is 8.72. The number of hydrogen-bond acceptors (Lipinski definition) is 4. The molecule has 2 aromatic rings. The Balaban J connectivity index is 1.30. The first-order chi connectivity index (χ1) is 14.9. The normalized spacial score (nSPS) is 16.8. The van der Waals surface area contributed by atoms with Gasteiger partial charge < -0.3 is 9.42 Å². The van der Waals surface area contributed by atoms with Gasteiger partial charge in [0.1, 0.15) is 0 Å². The highest BCUT2D eigenvalue weighted by atomic mass is 19.1. The summed E-state index contributed by atoms with van der Waals surface area (Å²) in [5.74, 6) is 0.671. The largest absolute Gasteiger partial charge is 0.336 e. The molecule has 0 aliphatic heterocycles. The Labute approximate surface area is 181 Å². The zero-order chi connectivity index (χ0) is 21.8. The van der Waals surface area contributed by atoms with Crippen LogP contribution < -0.4 is 4.90 Å². The van der Waals surface area contributed by atoms with Crippen LogP contribution in [0.1, 0.15) is 81.0 Å². The minimum absolute atomic E-state index is 0.0495. The highest BCUT2D eigenvalue weighted by Gasteiger charge is 2.50. The quantitative estimate of drug-likeness (QED) is 0.393. The molecule has 2 fully saturated rings. The van der Waals surface area contributed by atoms with Crippen molar-refractivity contribution in [3.05, 3.63) is 53.9 Å². The maximum Gasteiger partial charge on any atom is 0.264 e. The Hall–Kier alpha value is -2.57. The Kier molecular flexibility index (Phi) is 6.49. The van der Waals surface area contributed by atoms with Gasteiger partial charge in [0.2, 0.25) is 5.91 Å². The molecule has 2 aliphatic rings. The van der Waals surface area contributed by atoms with E-state index >= 15 is 0 Å². The van der Waals surface area contributed by atoms with Crippen LogP contribution in [-0.4, -0.2) is 22.6 Å². The van der Waals surface area contributed by atoms with Crippen molar-refractivity contribution in [2.45, 2.75) is 75.8 Å². The number of nitrogens with zero attached hydrogens (tertiary/aromatic N) is 3. The van der Waals surface area contributed by atoms with Gasteiger partial charge in [0.05, 0.1) is 5.83 Å². The number of hydrogen-bond donors (Lipinski definition) is 0. The first-order valence-corrected chi connectivity index (χ1v) is 11.2. The fourth-order valence-electron chi connectivity index (χ4n) is 3.73. The lowest BCUT2D eigenvalue weighted by Crippen LogP contribution is -2.31. The Bertz CT molecular complexity index is 934. The van der Waals surface area contributed by atoms with Crippen molar-refractivity contribution in [2.24, 2.45) is 0 Å². The van der Waals surface area contributed by atoms with Crippen LogP contribution in [0.2, 0.25) is 0 Å². The van der Waals surface area contributed by atoms with Crippen molar-refractivity contribution < 1.29 is 18.1 Å². The third-order valence-electron chi connectivity index (χ3n) is 5.96. The number of aryl methyl sites for hydroxylation is 1. The van der Waals surface area contributed by atoms with Crippen molar-refractivity contribution in [1.29, 1.82) is 0 Å². The standard InChI is InChI=1S/C24H29F2N3O2/c1-17(25)9-12-22(30)29(20-7-5-6-19(16-20)18-10-11-18)15-4-2-3-8-21-27-23(31-28-21)24(26)13-14-24/h5-7,16,18H,1-4,8-15H2. The molecule has 1 amide bonds. The van der Waals surface area contributed by atoms with Crippen LogP contribution in [0.4, 0.5) is 14.5 Å². The number of benzene rings is 1. The zero-order valence-corrected chi connectivity index (χ0v) is 17.8. The number of anilines is 1. The Morgan fingerprint density at radius 1 is 1.23 bits per heavy atom. The minimum Gasteiger partial charge on any atom is -0.336 e. The smallest absolute Gasteiger partial charge is 0.264 e. The lowest BCUT2D eigenvalue weighted by atomic mass is 10.1. The van der Waals surface area contributed by atoms with E-state index in [1.54, 1.807) is 4.90 Å². The van der Waals surface area contributed by atoms with E-state index in [-0.39, 0.29) is 24.6 Å². The molecule has 0 spiro atoms. The van der Waals surface area contributed by atoms with Gasteiger partial charge in [-0.3, -0.25) is 4.79 Å². The monoisotopic (exact) mass is 429 g/mol. The third-order valence-corrected chi connectivity index (χ3v) is 5.96. The number of amides is 1. The predicted octanol–water partition coefficient (Wildman–Crippen LogP) is 5.92. The molecule has 4 rings (SSSR count). The van der Waals surface area contributed by atoms with Crippen LogP contribution in [0.25, 0.3) is 0 Å². The zero-order valence-electron chi connectivity index (χ0n) is 17.8. The lowest BCUT2D eigenvalue weighted by Gasteiger charge is -2.23. The molecule has 166 valence electrons. The van der Waals surface area contributed by atoms with E-state index in [9.17, 15) is 13.6 Å². The number of halogens is 2. The van der Waals surface area contributed by atoms with Crippen LogP contribution in [0, 0.1) is 0 Å². The van der Waals surface area contributed by atoms with Crippen molar-refractivity contribution >= 4 is 11.6 Å². The molecule has 2 aliphatic carbocycles. The van der Waals surface area contributed by atoms with Crippen LogP contribution in [-0.2, 0) is 16.9 Å². The van der Waals surface area contributed by atoms with Gasteiger partial charge >= 0.3 is 0 Å². The number of allylic oxidation sites excluding steroid dienone is 1. The molecular formula is C24H29F2N3O2. The molecule has 1 aromatic carbocycles. The highest BCUT2D eigenvalue weighted by molar-refractivity contribution is 5.93. The summed E-state index contributed by atoms with van der Waals surface area (Å²) in [6.07, 6.45) is 6.57. The average Bonchev–Trinajstić information content (AvgIpc) is 3.69. The summed E-state index contributed by atoms with van der Waals surface area (Å²) in [6.45, 7) is 3.83. The summed E-state index contributed by atoms with van der Waals surface area (Å²) in [5, 5.41) is 3.87. The third kappa shape index (κ3) is 5.77. The van der Waals surface area contributed by atoms with Crippen molar-refractivity contribution in [1.82, 2.24) is 10.1 Å². The van der Waals surface area contributed by atoms with Crippen LogP contribution in [0.3, 0.4) is 0 Å². The molecule has 31 heavy (non-hydrogen) atoms. The van der Waals surface area contributed by atoms with Crippen LogP contribution in [0.15, 0.2) is 41.2 Å². The average molecular weight is 430 g/mol. The maximum atomic E-state index is 13.9. The Morgan fingerprint density at radius 3 is 2.74 bits per heavy atom. The number of alkyl halides is 1. The highest BCUT2D eigenvalue weighted by Crippen LogP contribution is 2.48. The van der Waals surface area contributed by atoms with Crippen LogP contribution >= 0.6 is 0 Å². The number of carbonyl (C=O) groups is 1. The minimum atomic E-state index is -1.40. The van der Waals surface area contributed by atoms with Gasteiger partial charge in [-0.05, 0) is 62.1 Å². The fourth-order valence-corrected chi connectivity index (χ4v) is 3.73. The number of rotatable bonds is 12. The fraction of sp³-hybridized carbons (Fsp3) is 0.542. The summed E-state index contributed by atoms with van der Waals surface area (Å²) >= 11 is 0. The molecule has 0 radical (unpaired) electrons. The molecule has 0 bridgehead atoms. The molecule has 1 aromatic heterocycles. The van der Waals surface area contributed by atoms with E-state index < -0.39 is 11.5 Å². The molecule has 0 atom stereocenters. The molecular weight excluding hydrogens is 400 g/mol. The number of aromatic nitrogens is 2. The summed E-state index contributed by atoms with van der Waals surface area (Å²) < 4.78 is 32.1. The molecule has 0 N–H and O–H groups in total. The van der Waals surface area contributed by atoms with Gasteiger partial charge in [-0.15, -0.1) is 0 Å². The second kappa shape index (κ2) is 9.28. The van der Waals surface area contributed by atoms with Crippen molar-refractivity contribution in [3.63, 3.8) is 0 Å². The van der Waals surface area contributed by atoms with Gasteiger partial charge in [0.25, 0.3) is 5.89 Å². The maximum absolute atomic E-state index is 13.9. The van der Waals surface area contributed by atoms with E-state index in [0.717, 1.165) is 24.9 Å². The molecule has 1 heterocycles. The summed E-state index contributed by atoms with van der Waals surface area (Å²) in [7, 11) is 0. The van der Waals surface area contributed by atoms with Crippen molar-refractivity contribution in [3.8, 4) is 0 Å². The van der Waals surface area contributed by atoms with E-state index in [4.69, 9.17) is 4.52 Å². The molecule has 0 saturated heterocycles. The number of unbranched alkanes of at least 4 members (excludes halogenated alkanes) is 2. The van der Waals surface area contributed by atoms with Crippen molar-refractivity contribution in [2.75, 3.05) is 11.4 Å². The molecule has 0 unspecified atom stereocenters. The van der Waals surface area contributed by atoms with E-state index in [2.05, 4.69) is 28.9 Å². The molecule has 7 heteroatoms. The second-order valence-corrected chi connectivity index (χ2v) is 8.72. The van der Waals surface area contributed by atoms with Gasteiger partial charge in [0.15, 0.2) is 11.5 Å². The predicted molar refractivity (Wildman–Crippen MR) is 114 cm³/mol. The molecule has 5 nitrogen and oxygen atoms in total. The van der Waals surface area contributed by atoms with Gasteiger partial charge in [-0.1, -0.05) is 30.3 Å². The van der Waals surface area contributed by atoms with E-state index in [1.165, 1.54) is 18.4 Å². The van der Waals surface area contributed by atoms with Gasteiger partial charge in [0, 0.05) is 31.5 Å². The van der Waals surface area contributed by atoms with E-state index in [1.807, 2.05) is 12.1 Å². The number of carbonyl (C=O) groups excluding carboxylic acids is 1. The first-order valence-electron chi connectivity index (χ1n) is 11.2. The van der Waals surface area contributed by atoms with Gasteiger partial charge in [-0.25, -0.2) is 8.78 Å². The topological polar surface area (TPSA) is 59.2 Å². The van der Waals surface area contributed by atoms with E-state index in [0.29, 0.717) is 37.5 Å². The lowest BCUT2D eigenvalue weighted by molar-refractivity contribution is -0.118. The summed E-state index contributed by atoms with van der Waals surface area (Å²) in [6, 6.07) is 8.13. The summed E-state index contributed by atoms with van der Waals surface area (Å²) in [5.41, 5.74) is 0.741. The van der Waals surface area contributed by atoms with Gasteiger partial charge in [-0.2, -0.15) is 4.98 Å². The SMILES string of the molecule is C=C(F)CCC(=O)N(CCCCCc1noc(C2(F)CC2)n1)c1cccc(C2CC2)c1. The Morgan fingerprint density at radius 2 is 2.03 bits per heavy atom. The molecule has 2 saturated carbocycles. The first kappa shape index (κ1) is 21.7. The van der Waals surface area contributed by atoms with Crippen LogP contribution in [0.5, 0.6) is 0 Å².